The maximum Gasteiger partial charge on any atom is 0.261 e. The smallest absolute Gasteiger partial charge is 0.261 e. The Balaban J connectivity index is 1.45. The van der Waals surface area contributed by atoms with Crippen LogP contribution in [0, 0.1) is 0 Å². The van der Waals surface area contributed by atoms with E-state index < -0.39 is 0 Å². The fourth-order valence-electron chi connectivity index (χ4n) is 2.32. The van der Waals surface area contributed by atoms with E-state index in [2.05, 4.69) is 4.98 Å². The van der Waals surface area contributed by atoms with Crippen molar-refractivity contribution < 1.29 is 9.47 Å². The first-order valence-electron chi connectivity index (χ1n) is 7.75. The van der Waals surface area contributed by atoms with E-state index in [0.717, 1.165) is 0 Å². The van der Waals surface area contributed by atoms with Crippen molar-refractivity contribution in [1.82, 2.24) is 9.55 Å². The van der Waals surface area contributed by atoms with Crippen molar-refractivity contribution >= 4 is 34.1 Å². The van der Waals surface area contributed by atoms with Gasteiger partial charge in [-0.25, -0.2) is 4.98 Å². The summed E-state index contributed by atoms with van der Waals surface area (Å²) < 4.78 is 12.6. The van der Waals surface area contributed by atoms with Crippen LogP contribution in [-0.2, 0) is 11.3 Å². The number of para-hydroxylation sites is 1. The Kier molecular flexibility index (Phi) is 5.91. The van der Waals surface area contributed by atoms with Gasteiger partial charge in [-0.15, -0.1) is 0 Å². The van der Waals surface area contributed by atoms with E-state index in [0.29, 0.717) is 53.1 Å². The summed E-state index contributed by atoms with van der Waals surface area (Å²) in [4.78, 5) is 16.6. The van der Waals surface area contributed by atoms with Crippen LogP contribution < -0.4 is 10.3 Å². The fourth-order valence-corrected chi connectivity index (χ4v) is 2.60. The van der Waals surface area contributed by atoms with Gasteiger partial charge in [0.1, 0.15) is 12.4 Å². The Labute approximate surface area is 154 Å². The summed E-state index contributed by atoms with van der Waals surface area (Å²) in [6.45, 7) is 1.60. The Hall–Kier alpha value is -2.08. The molecule has 7 heteroatoms. The number of fused-ring (bicyclic) bond motifs is 1. The quantitative estimate of drug-likeness (QED) is 0.586. The third-order valence-corrected chi connectivity index (χ3v) is 4.33. The normalized spacial score (nSPS) is 11.0. The summed E-state index contributed by atoms with van der Waals surface area (Å²) >= 11 is 11.8. The molecule has 0 spiro atoms. The molecule has 0 bridgehead atoms. The lowest BCUT2D eigenvalue weighted by Crippen LogP contribution is -2.23. The molecule has 5 nitrogen and oxygen atoms in total. The molecule has 0 aliphatic rings. The van der Waals surface area contributed by atoms with Crippen LogP contribution in [0.1, 0.15) is 0 Å². The highest BCUT2D eigenvalue weighted by molar-refractivity contribution is 6.42. The molecular formula is C18H16Cl2N2O3. The second-order valence-corrected chi connectivity index (χ2v) is 6.11. The summed E-state index contributed by atoms with van der Waals surface area (Å²) in [6.07, 6.45) is 1.54. The van der Waals surface area contributed by atoms with E-state index in [9.17, 15) is 4.79 Å². The van der Waals surface area contributed by atoms with Crippen LogP contribution in [0.4, 0.5) is 0 Å². The third kappa shape index (κ3) is 4.51. The molecule has 2 aromatic carbocycles. The number of halogens is 2. The maximum absolute atomic E-state index is 12.3. The lowest BCUT2D eigenvalue weighted by atomic mass is 10.2. The van der Waals surface area contributed by atoms with Gasteiger partial charge >= 0.3 is 0 Å². The minimum atomic E-state index is -0.0683. The van der Waals surface area contributed by atoms with E-state index >= 15 is 0 Å². The number of hydrogen-bond donors (Lipinski definition) is 0. The molecule has 0 N–H and O–H groups in total. The van der Waals surface area contributed by atoms with E-state index in [1.165, 1.54) is 0 Å². The number of benzene rings is 2. The third-order valence-electron chi connectivity index (χ3n) is 3.60. The van der Waals surface area contributed by atoms with Gasteiger partial charge in [0.2, 0.25) is 0 Å². The summed E-state index contributed by atoms with van der Waals surface area (Å²) in [5.41, 5.74) is 0.626. The minimum Gasteiger partial charge on any atom is -0.491 e. The van der Waals surface area contributed by atoms with Gasteiger partial charge in [-0.3, -0.25) is 9.36 Å². The number of rotatable bonds is 7. The van der Waals surface area contributed by atoms with Crippen molar-refractivity contribution in [3.63, 3.8) is 0 Å². The monoisotopic (exact) mass is 378 g/mol. The highest BCUT2D eigenvalue weighted by atomic mass is 35.5. The van der Waals surface area contributed by atoms with Gasteiger partial charge in [0, 0.05) is 6.07 Å². The first-order chi connectivity index (χ1) is 12.1. The van der Waals surface area contributed by atoms with E-state index in [1.807, 2.05) is 18.2 Å². The van der Waals surface area contributed by atoms with Gasteiger partial charge in [-0.1, -0.05) is 35.3 Å². The number of nitrogens with zero attached hydrogens (tertiary/aromatic N) is 2. The molecule has 0 aliphatic heterocycles. The van der Waals surface area contributed by atoms with Crippen LogP contribution >= 0.6 is 23.2 Å². The summed E-state index contributed by atoms with van der Waals surface area (Å²) in [5, 5.41) is 1.54. The van der Waals surface area contributed by atoms with Gasteiger partial charge in [0.25, 0.3) is 5.56 Å². The molecule has 0 fully saturated rings. The Bertz CT molecular complexity index is 928. The topological polar surface area (TPSA) is 53.4 Å². The van der Waals surface area contributed by atoms with Crippen molar-refractivity contribution in [2.45, 2.75) is 6.54 Å². The van der Waals surface area contributed by atoms with Gasteiger partial charge in [0.15, 0.2) is 0 Å². The van der Waals surface area contributed by atoms with Crippen LogP contribution in [0.25, 0.3) is 10.9 Å². The molecule has 1 heterocycles. The molecule has 25 heavy (non-hydrogen) atoms. The molecule has 0 aliphatic carbocycles. The second-order valence-electron chi connectivity index (χ2n) is 5.30. The Morgan fingerprint density at radius 3 is 2.68 bits per heavy atom. The Morgan fingerprint density at radius 2 is 1.84 bits per heavy atom. The highest BCUT2D eigenvalue weighted by Gasteiger charge is 2.03. The largest absolute Gasteiger partial charge is 0.491 e. The van der Waals surface area contributed by atoms with Gasteiger partial charge in [-0.2, -0.15) is 0 Å². The molecule has 3 rings (SSSR count). The van der Waals surface area contributed by atoms with Crippen LogP contribution in [0.5, 0.6) is 5.75 Å². The fraction of sp³-hybridized carbons (Fsp3) is 0.222. The van der Waals surface area contributed by atoms with Gasteiger partial charge < -0.3 is 9.47 Å². The summed E-state index contributed by atoms with van der Waals surface area (Å²) in [6, 6.07) is 12.4. The Morgan fingerprint density at radius 1 is 1.00 bits per heavy atom. The standard InChI is InChI=1S/C18H16Cl2N2O3/c19-15-6-5-13(11-16(15)20)25-10-9-24-8-7-22-12-21-17-4-2-1-3-14(17)18(22)23/h1-6,11-12H,7-10H2. The van der Waals surface area contributed by atoms with Crippen molar-refractivity contribution in [3.05, 3.63) is 69.2 Å². The van der Waals surface area contributed by atoms with Crippen molar-refractivity contribution in [3.8, 4) is 5.75 Å². The SMILES string of the molecule is O=c1c2ccccc2ncn1CCOCCOc1ccc(Cl)c(Cl)c1. The minimum absolute atomic E-state index is 0.0683. The molecule has 0 saturated carbocycles. The van der Waals surface area contributed by atoms with Crippen molar-refractivity contribution in [2.24, 2.45) is 0 Å². The first-order valence-corrected chi connectivity index (χ1v) is 8.50. The molecular weight excluding hydrogens is 363 g/mol. The average molecular weight is 379 g/mol. The molecule has 0 amide bonds. The average Bonchev–Trinajstić information content (AvgIpc) is 2.63. The molecule has 1 aromatic heterocycles. The van der Waals surface area contributed by atoms with Crippen LogP contribution in [0.2, 0.25) is 10.0 Å². The number of aromatic nitrogens is 2. The highest BCUT2D eigenvalue weighted by Crippen LogP contribution is 2.26. The molecule has 130 valence electrons. The molecule has 0 atom stereocenters. The van der Waals surface area contributed by atoms with Gasteiger partial charge in [0.05, 0.1) is 47.0 Å². The maximum atomic E-state index is 12.3. The zero-order valence-electron chi connectivity index (χ0n) is 13.3. The molecule has 0 saturated heterocycles. The predicted octanol–water partition coefficient (Wildman–Crippen LogP) is 3.80. The van der Waals surface area contributed by atoms with E-state index in [-0.39, 0.29) is 5.56 Å². The molecule has 0 unspecified atom stereocenters. The zero-order chi connectivity index (χ0) is 17.6. The summed E-state index contributed by atoms with van der Waals surface area (Å²) in [7, 11) is 0. The van der Waals surface area contributed by atoms with Crippen LogP contribution in [0.15, 0.2) is 53.6 Å². The molecule has 3 aromatic rings. The van der Waals surface area contributed by atoms with Crippen molar-refractivity contribution in [1.29, 1.82) is 0 Å². The lowest BCUT2D eigenvalue weighted by Gasteiger charge is -2.09. The zero-order valence-corrected chi connectivity index (χ0v) is 14.8. The van der Waals surface area contributed by atoms with Crippen molar-refractivity contribution in [2.75, 3.05) is 19.8 Å². The predicted molar refractivity (Wildman–Crippen MR) is 98.8 cm³/mol. The number of hydrogen-bond acceptors (Lipinski definition) is 4. The van der Waals surface area contributed by atoms with Gasteiger partial charge in [-0.05, 0) is 24.3 Å². The number of ether oxygens (including phenoxy) is 2. The van der Waals surface area contributed by atoms with E-state index in [1.54, 1.807) is 35.2 Å². The second kappa shape index (κ2) is 8.34. The molecule has 0 radical (unpaired) electrons. The summed E-state index contributed by atoms with van der Waals surface area (Å²) in [5.74, 6) is 0.632. The lowest BCUT2D eigenvalue weighted by molar-refractivity contribution is 0.0938. The van der Waals surface area contributed by atoms with Crippen LogP contribution in [-0.4, -0.2) is 29.4 Å². The first kappa shape index (κ1) is 17.7. The van der Waals surface area contributed by atoms with Crippen LogP contribution in [0.3, 0.4) is 0 Å². The van der Waals surface area contributed by atoms with E-state index in [4.69, 9.17) is 32.7 Å².